The van der Waals surface area contributed by atoms with Crippen LogP contribution in [0.3, 0.4) is 0 Å². The van der Waals surface area contributed by atoms with Gasteiger partial charge in [0, 0.05) is 13.2 Å². The molecule has 1 saturated carbocycles. The Kier molecular flexibility index (Phi) is 4.38. The van der Waals surface area contributed by atoms with Crippen molar-refractivity contribution in [2.45, 2.75) is 44.3 Å². The van der Waals surface area contributed by atoms with Gasteiger partial charge in [0.1, 0.15) is 29.3 Å². The number of nitrogens with zero attached hydrogens (tertiary/aromatic N) is 4. The van der Waals surface area contributed by atoms with Crippen LogP contribution in [-0.2, 0) is 19.1 Å². The van der Waals surface area contributed by atoms with E-state index in [-0.39, 0.29) is 22.5 Å². The van der Waals surface area contributed by atoms with Crippen molar-refractivity contribution in [3.63, 3.8) is 0 Å². The minimum Gasteiger partial charge on any atom is -0.344 e. The lowest BCUT2D eigenvalue weighted by Gasteiger charge is -2.25. The van der Waals surface area contributed by atoms with Gasteiger partial charge in [0.2, 0.25) is 0 Å². The quantitative estimate of drug-likeness (QED) is 0.583. The van der Waals surface area contributed by atoms with Gasteiger partial charge in [-0.3, -0.25) is 9.63 Å². The molecule has 1 aliphatic carbocycles. The minimum absolute atomic E-state index is 0.0430. The molecule has 2 aromatic rings. The fourth-order valence-corrected chi connectivity index (χ4v) is 4.27. The van der Waals surface area contributed by atoms with Crippen LogP contribution in [0.2, 0.25) is 5.15 Å². The van der Waals surface area contributed by atoms with Crippen molar-refractivity contribution in [2.75, 3.05) is 14.2 Å². The highest BCUT2D eigenvalue weighted by atomic mass is 35.5. The summed E-state index contributed by atoms with van der Waals surface area (Å²) < 4.78 is 28.2. The molecule has 0 spiro atoms. The summed E-state index contributed by atoms with van der Waals surface area (Å²) in [5.74, 6) is -2.09. The molecule has 2 aromatic heterocycles. The molecule has 0 N–H and O–H groups in total. The highest BCUT2D eigenvalue weighted by Gasteiger charge is 2.57. The normalized spacial score (nSPS) is 29.3. The standard InChI is InChI=1S/C17H20ClFN4O4/c1-17(2)26-12-8(16(24)22(3)25-4)5-10(13(12)27-17)23-6-9(19)11-14(18)20-7-21-15(11)23/h6-8,10,12-13H,5H2,1-4H3/t8-,10+,12+,13-/m0/s1. The number of hydrogen-bond acceptors (Lipinski definition) is 6. The van der Waals surface area contributed by atoms with E-state index in [0.29, 0.717) is 12.1 Å². The first-order valence-electron chi connectivity index (χ1n) is 8.57. The summed E-state index contributed by atoms with van der Waals surface area (Å²) in [5, 5.41) is 1.37. The van der Waals surface area contributed by atoms with Crippen molar-refractivity contribution in [3.05, 3.63) is 23.5 Å². The van der Waals surface area contributed by atoms with Crippen molar-refractivity contribution in [2.24, 2.45) is 5.92 Å². The van der Waals surface area contributed by atoms with Gasteiger partial charge in [-0.05, 0) is 20.3 Å². The smallest absolute Gasteiger partial charge is 0.251 e. The Morgan fingerprint density at radius 1 is 1.41 bits per heavy atom. The molecule has 4 rings (SSSR count). The van der Waals surface area contributed by atoms with Crippen LogP contribution < -0.4 is 0 Å². The van der Waals surface area contributed by atoms with Crippen LogP contribution in [0.1, 0.15) is 26.3 Å². The Morgan fingerprint density at radius 3 is 2.81 bits per heavy atom. The van der Waals surface area contributed by atoms with Gasteiger partial charge in [-0.15, -0.1) is 0 Å². The first-order chi connectivity index (χ1) is 12.7. The average molecular weight is 399 g/mol. The molecule has 0 unspecified atom stereocenters. The largest absolute Gasteiger partial charge is 0.344 e. The van der Waals surface area contributed by atoms with Crippen molar-refractivity contribution in [3.8, 4) is 0 Å². The van der Waals surface area contributed by atoms with Gasteiger partial charge >= 0.3 is 0 Å². The van der Waals surface area contributed by atoms with Crippen LogP contribution in [-0.4, -0.2) is 57.7 Å². The summed E-state index contributed by atoms with van der Waals surface area (Å²) in [5.41, 5.74) is 0.359. The summed E-state index contributed by atoms with van der Waals surface area (Å²) in [7, 11) is 2.97. The fraction of sp³-hybridized carbons (Fsp3) is 0.588. The molecular formula is C17H20ClFN4O4. The van der Waals surface area contributed by atoms with E-state index in [4.69, 9.17) is 25.9 Å². The highest BCUT2D eigenvalue weighted by Crippen LogP contribution is 2.48. The predicted octanol–water partition coefficient (Wildman–Crippen LogP) is 2.32. The number of hydrogen-bond donors (Lipinski definition) is 0. The summed E-state index contributed by atoms with van der Waals surface area (Å²) >= 11 is 6.04. The Labute approximate surface area is 160 Å². The molecule has 2 fully saturated rings. The van der Waals surface area contributed by atoms with E-state index in [1.807, 2.05) is 0 Å². The number of fused-ring (bicyclic) bond motifs is 2. The molecule has 0 bridgehead atoms. The second-order valence-electron chi connectivity index (χ2n) is 7.24. The van der Waals surface area contributed by atoms with Gasteiger partial charge in [-0.2, -0.15) is 0 Å². The average Bonchev–Trinajstić information content (AvgIpc) is 3.22. The van der Waals surface area contributed by atoms with E-state index >= 15 is 0 Å². The summed E-state index contributed by atoms with van der Waals surface area (Å²) in [6, 6.07) is -0.353. The molecule has 2 aliphatic rings. The van der Waals surface area contributed by atoms with Gasteiger partial charge in [0.25, 0.3) is 5.91 Å². The van der Waals surface area contributed by atoms with Crippen LogP contribution in [0.25, 0.3) is 11.0 Å². The SMILES string of the molecule is CON(C)C(=O)[C@H]1C[C@@H](n2cc(F)c3c(Cl)ncnc32)[C@@H]2OC(C)(C)O[C@@H]21. The topological polar surface area (TPSA) is 78.7 Å². The molecular weight excluding hydrogens is 379 g/mol. The fourth-order valence-electron chi connectivity index (χ4n) is 4.05. The third-order valence-corrected chi connectivity index (χ3v) is 5.50. The molecule has 1 saturated heterocycles. The van der Waals surface area contributed by atoms with Crippen molar-refractivity contribution in [1.29, 1.82) is 0 Å². The zero-order chi connectivity index (χ0) is 19.5. The number of carbonyl (C=O) groups excluding carboxylic acids is 1. The zero-order valence-corrected chi connectivity index (χ0v) is 16.1. The molecule has 27 heavy (non-hydrogen) atoms. The maximum absolute atomic E-state index is 14.5. The number of aromatic nitrogens is 3. The number of halogens is 2. The van der Waals surface area contributed by atoms with Gasteiger partial charge in [0.05, 0.1) is 24.5 Å². The third-order valence-electron chi connectivity index (χ3n) is 5.21. The Morgan fingerprint density at radius 2 is 2.11 bits per heavy atom. The zero-order valence-electron chi connectivity index (χ0n) is 15.3. The molecule has 3 heterocycles. The van der Waals surface area contributed by atoms with E-state index in [2.05, 4.69) is 9.97 Å². The van der Waals surface area contributed by atoms with E-state index < -0.39 is 29.7 Å². The van der Waals surface area contributed by atoms with E-state index in [0.717, 1.165) is 0 Å². The maximum Gasteiger partial charge on any atom is 0.251 e. The maximum atomic E-state index is 14.5. The molecule has 4 atom stereocenters. The Hall–Kier alpha value is -1.81. The Balaban J connectivity index is 1.77. The summed E-state index contributed by atoms with van der Waals surface area (Å²) in [6.07, 6.45) is 2.08. The summed E-state index contributed by atoms with van der Waals surface area (Å²) in [6.45, 7) is 3.58. The lowest BCUT2D eigenvalue weighted by Crippen LogP contribution is -2.38. The number of amides is 1. The highest BCUT2D eigenvalue weighted by molar-refractivity contribution is 6.34. The van der Waals surface area contributed by atoms with Crippen LogP contribution in [0.5, 0.6) is 0 Å². The van der Waals surface area contributed by atoms with Crippen molar-refractivity contribution >= 4 is 28.5 Å². The Bertz CT molecular complexity index is 904. The molecule has 1 aliphatic heterocycles. The molecule has 146 valence electrons. The van der Waals surface area contributed by atoms with E-state index in [9.17, 15) is 9.18 Å². The monoisotopic (exact) mass is 398 g/mol. The van der Waals surface area contributed by atoms with E-state index in [1.165, 1.54) is 24.7 Å². The molecule has 0 aromatic carbocycles. The van der Waals surface area contributed by atoms with Crippen molar-refractivity contribution < 1.29 is 23.5 Å². The van der Waals surface area contributed by atoms with Crippen LogP contribution in [0.15, 0.2) is 12.5 Å². The molecule has 8 nitrogen and oxygen atoms in total. The molecule has 0 radical (unpaired) electrons. The van der Waals surface area contributed by atoms with Crippen LogP contribution >= 0.6 is 11.6 Å². The lowest BCUT2D eigenvalue weighted by atomic mass is 10.0. The second kappa shape index (κ2) is 6.37. The second-order valence-corrected chi connectivity index (χ2v) is 7.60. The van der Waals surface area contributed by atoms with Crippen LogP contribution in [0.4, 0.5) is 4.39 Å². The number of hydroxylamine groups is 2. The van der Waals surface area contributed by atoms with Crippen LogP contribution in [0, 0.1) is 11.7 Å². The number of rotatable bonds is 3. The lowest BCUT2D eigenvalue weighted by molar-refractivity contribution is -0.184. The van der Waals surface area contributed by atoms with Crippen molar-refractivity contribution in [1.82, 2.24) is 19.6 Å². The van der Waals surface area contributed by atoms with Gasteiger partial charge in [-0.1, -0.05) is 11.6 Å². The summed E-state index contributed by atoms with van der Waals surface area (Å²) in [4.78, 5) is 25.8. The third kappa shape index (κ3) is 2.89. The predicted molar refractivity (Wildman–Crippen MR) is 93.2 cm³/mol. The number of ether oxygens (including phenoxy) is 2. The molecule has 1 amide bonds. The molecule has 10 heteroatoms. The first kappa shape index (κ1) is 18.5. The van der Waals surface area contributed by atoms with E-state index in [1.54, 1.807) is 25.5 Å². The first-order valence-corrected chi connectivity index (χ1v) is 8.95. The van der Waals surface area contributed by atoms with Gasteiger partial charge < -0.3 is 14.0 Å². The number of carbonyl (C=O) groups is 1. The minimum atomic E-state index is -0.855. The van der Waals surface area contributed by atoms with Gasteiger partial charge in [0.15, 0.2) is 11.6 Å². The van der Waals surface area contributed by atoms with Gasteiger partial charge in [-0.25, -0.2) is 19.4 Å².